The predicted molar refractivity (Wildman–Crippen MR) is 82.4 cm³/mol. The molecule has 0 radical (unpaired) electrons. The Labute approximate surface area is 125 Å². The van der Waals surface area contributed by atoms with Crippen molar-refractivity contribution in [2.45, 2.75) is 33.2 Å². The van der Waals surface area contributed by atoms with Crippen molar-refractivity contribution in [1.29, 1.82) is 0 Å². The van der Waals surface area contributed by atoms with Crippen molar-refractivity contribution in [3.05, 3.63) is 70.3 Å². The highest BCUT2D eigenvalue weighted by Crippen LogP contribution is 2.27. The van der Waals surface area contributed by atoms with E-state index in [9.17, 15) is 8.78 Å². The first-order valence-corrected chi connectivity index (χ1v) is 7.29. The maximum absolute atomic E-state index is 14.4. The topological polar surface area (TPSA) is 12.0 Å². The van der Waals surface area contributed by atoms with Crippen LogP contribution in [0.15, 0.2) is 36.4 Å². The van der Waals surface area contributed by atoms with Gasteiger partial charge in [0.05, 0.1) is 6.04 Å². The van der Waals surface area contributed by atoms with Gasteiger partial charge < -0.3 is 5.32 Å². The molecular formula is C18H21F2N. The minimum absolute atomic E-state index is 0.201. The summed E-state index contributed by atoms with van der Waals surface area (Å²) in [7, 11) is 0. The summed E-state index contributed by atoms with van der Waals surface area (Å²) in [5.41, 5.74) is 2.68. The smallest absolute Gasteiger partial charge is 0.131 e. The maximum atomic E-state index is 14.4. The lowest BCUT2D eigenvalue weighted by Gasteiger charge is -2.21. The molecule has 0 saturated carbocycles. The average molecular weight is 289 g/mol. The first kappa shape index (κ1) is 15.6. The number of hydrogen-bond acceptors (Lipinski definition) is 1. The molecule has 1 nitrogen and oxygen atoms in total. The van der Waals surface area contributed by atoms with Crippen molar-refractivity contribution in [3.8, 4) is 0 Å². The van der Waals surface area contributed by atoms with Gasteiger partial charge in [0.25, 0.3) is 0 Å². The Hall–Kier alpha value is -1.74. The Morgan fingerprint density at radius 2 is 1.81 bits per heavy atom. The summed E-state index contributed by atoms with van der Waals surface area (Å²) in [6.45, 7) is 6.31. The van der Waals surface area contributed by atoms with E-state index in [0.717, 1.165) is 18.5 Å². The molecule has 0 aromatic heterocycles. The fourth-order valence-corrected chi connectivity index (χ4v) is 2.44. The third-order valence-electron chi connectivity index (χ3n) is 3.65. The first-order valence-electron chi connectivity index (χ1n) is 7.29. The molecule has 1 atom stereocenters. The highest BCUT2D eigenvalue weighted by Gasteiger charge is 2.18. The Bertz CT molecular complexity index is 623. The Balaban J connectivity index is 2.47. The van der Waals surface area contributed by atoms with Gasteiger partial charge in [-0.3, -0.25) is 0 Å². The van der Waals surface area contributed by atoms with Crippen LogP contribution in [0.1, 0.15) is 41.6 Å². The zero-order valence-electron chi connectivity index (χ0n) is 12.7. The van der Waals surface area contributed by atoms with Crippen molar-refractivity contribution in [2.24, 2.45) is 0 Å². The molecule has 1 N–H and O–H groups in total. The number of halogens is 2. The molecule has 112 valence electrons. The van der Waals surface area contributed by atoms with Gasteiger partial charge in [-0.25, -0.2) is 8.78 Å². The summed E-state index contributed by atoms with van der Waals surface area (Å²) in [6, 6.07) is 10.1. The van der Waals surface area contributed by atoms with Crippen LogP contribution in [-0.2, 0) is 0 Å². The van der Waals surface area contributed by atoms with Gasteiger partial charge in [0, 0.05) is 5.56 Å². The third-order valence-corrected chi connectivity index (χ3v) is 3.65. The molecule has 0 fully saturated rings. The molecule has 0 aliphatic rings. The molecule has 0 saturated heterocycles. The van der Waals surface area contributed by atoms with Crippen LogP contribution in [0.5, 0.6) is 0 Å². The highest BCUT2D eigenvalue weighted by molar-refractivity contribution is 5.37. The van der Waals surface area contributed by atoms with Crippen LogP contribution in [-0.4, -0.2) is 6.54 Å². The number of nitrogens with one attached hydrogen (secondary N) is 1. The summed E-state index contributed by atoms with van der Waals surface area (Å²) >= 11 is 0. The van der Waals surface area contributed by atoms with Gasteiger partial charge in [0.15, 0.2) is 0 Å². The molecule has 1 unspecified atom stereocenters. The number of aryl methyl sites for hydroxylation is 2. The molecule has 21 heavy (non-hydrogen) atoms. The second-order valence-corrected chi connectivity index (χ2v) is 5.37. The lowest BCUT2D eigenvalue weighted by molar-refractivity contribution is 0.540. The molecule has 0 heterocycles. The van der Waals surface area contributed by atoms with Crippen LogP contribution in [0.2, 0.25) is 0 Å². The fraction of sp³-hybridized carbons (Fsp3) is 0.333. The van der Waals surface area contributed by atoms with E-state index in [0.29, 0.717) is 16.7 Å². The van der Waals surface area contributed by atoms with E-state index in [1.54, 1.807) is 38.1 Å². The highest BCUT2D eigenvalue weighted by atomic mass is 19.1. The quantitative estimate of drug-likeness (QED) is 0.843. The van der Waals surface area contributed by atoms with Gasteiger partial charge in [-0.15, -0.1) is 0 Å². The molecule has 3 heteroatoms. The molecule has 0 aliphatic heterocycles. The molecule has 0 aliphatic carbocycles. The standard InChI is InChI=1S/C18H21F2N/c1-4-10-21-18(14-8-9-16(19)13(3)11-14)15-7-5-6-12(2)17(15)20/h5-9,11,18,21H,4,10H2,1-3H3. The van der Waals surface area contributed by atoms with E-state index in [1.165, 1.54) is 6.07 Å². The van der Waals surface area contributed by atoms with Crippen molar-refractivity contribution in [2.75, 3.05) is 6.54 Å². The van der Waals surface area contributed by atoms with E-state index in [4.69, 9.17) is 0 Å². The number of hydrogen-bond donors (Lipinski definition) is 1. The minimum atomic E-state index is -0.260. The van der Waals surface area contributed by atoms with Gasteiger partial charge in [0.1, 0.15) is 11.6 Å². The lowest BCUT2D eigenvalue weighted by atomic mass is 9.95. The van der Waals surface area contributed by atoms with Crippen molar-refractivity contribution >= 4 is 0 Å². The summed E-state index contributed by atoms with van der Waals surface area (Å²) in [6.07, 6.45) is 0.949. The Morgan fingerprint density at radius 1 is 1.05 bits per heavy atom. The lowest BCUT2D eigenvalue weighted by Crippen LogP contribution is -2.24. The fourth-order valence-electron chi connectivity index (χ4n) is 2.44. The summed E-state index contributed by atoms with van der Waals surface area (Å²) < 4.78 is 27.9. The van der Waals surface area contributed by atoms with Crippen molar-refractivity contribution in [3.63, 3.8) is 0 Å². The number of rotatable bonds is 5. The largest absolute Gasteiger partial charge is 0.306 e. The van der Waals surface area contributed by atoms with E-state index in [1.807, 2.05) is 6.07 Å². The average Bonchev–Trinajstić information content (AvgIpc) is 2.47. The van der Waals surface area contributed by atoms with E-state index >= 15 is 0 Å². The molecule has 2 aromatic rings. The Kier molecular flexibility index (Phi) is 5.07. The molecular weight excluding hydrogens is 268 g/mol. The zero-order valence-corrected chi connectivity index (χ0v) is 12.7. The van der Waals surface area contributed by atoms with Crippen LogP contribution < -0.4 is 5.32 Å². The maximum Gasteiger partial charge on any atom is 0.131 e. The molecule has 0 amide bonds. The van der Waals surface area contributed by atoms with Gasteiger partial charge in [-0.2, -0.15) is 0 Å². The molecule has 0 bridgehead atoms. The van der Waals surface area contributed by atoms with E-state index in [-0.39, 0.29) is 17.7 Å². The summed E-state index contributed by atoms with van der Waals surface area (Å²) in [5, 5.41) is 3.35. The normalized spacial score (nSPS) is 12.4. The SMILES string of the molecule is CCCNC(c1ccc(F)c(C)c1)c1cccc(C)c1F. The predicted octanol–water partition coefficient (Wildman–Crippen LogP) is 4.67. The summed E-state index contributed by atoms with van der Waals surface area (Å²) in [5.74, 6) is -0.439. The molecule has 2 aromatic carbocycles. The Morgan fingerprint density at radius 3 is 2.48 bits per heavy atom. The third kappa shape index (κ3) is 3.48. The van der Waals surface area contributed by atoms with Gasteiger partial charge in [0.2, 0.25) is 0 Å². The van der Waals surface area contributed by atoms with Gasteiger partial charge in [-0.05, 0) is 49.6 Å². The second kappa shape index (κ2) is 6.81. The number of benzene rings is 2. The van der Waals surface area contributed by atoms with E-state index in [2.05, 4.69) is 12.2 Å². The van der Waals surface area contributed by atoms with Crippen LogP contribution >= 0.6 is 0 Å². The second-order valence-electron chi connectivity index (χ2n) is 5.37. The van der Waals surface area contributed by atoms with Crippen LogP contribution in [0.25, 0.3) is 0 Å². The summed E-state index contributed by atoms with van der Waals surface area (Å²) in [4.78, 5) is 0. The minimum Gasteiger partial charge on any atom is -0.306 e. The van der Waals surface area contributed by atoms with Crippen molar-refractivity contribution < 1.29 is 8.78 Å². The molecule has 2 rings (SSSR count). The van der Waals surface area contributed by atoms with E-state index < -0.39 is 0 Å². The zero-order chi connectivity index (χ0) is 15.4. The first-order chi connectivity index (χ1) is 10.0. The van der Waals surface area contributed by atoms with Crippen molar-refractivity contribution in [1.82, 2.24) is 5.32 Å². The monoisotopic (exact) mass is 289 g/mol. The van der Waals surface area contributed by atoms with Crippen LogP contribution in [0.4, 0.5) is 8.78 Å². The van der Waals surface area contributed by atoms with Gasteiger partial charge in [-0.1, -0.05) is 37.3 Å². The van der Waals surface area contributed by atoms with Gasteiger partial charge >= 0.3 is 0 Å². The van der Waals surface area contributed by atoms with Crippen LogP contribution in [0, 0.1) is 25.5 Å². The molecule has 0 spiro atoms. The van der Waals surface area contributed by atoms with Crippen LogP contribution in [0.3, 0.4) is 0 Å².